The second-order valence-corrected chi connectivity index (χ2v) is 6.97. The van der Waals surface area contributed by atoms with Crippen molar-refractivity contribution < 1.29 is 14.3 Å². The Hall–Kier alpha value is -2.53. The summed E-state index contributed by atoms with van der Waals surface area (Å²) in [5.74, 6) is 0.830. The van der Waals surface area contributed by atoms with Crippen LogP contribution in [0.5, 0.6) is 5.75 Å². The number of nitrogens with zero attached hydrogens (tertiary/aromatic N) is 2. The van der Waals surface area contributed by atoms with E-state index >= 15 is 0 Å². The number of carbonyl (C=O) groups is 2. The van der Waals surface area contributed by atoms with Crippen LogP contribution >= 0.6 is 11.6 Å². The van der Waals surface area contributed by atoms with Crippen molar-refractivity contribution in [3.63, 3.8) is 0 Å². The molecule has 3 rings (SSSR count). The van der Waals surface area contributed by atoms with Gasteiger partial charge in [-0.25, -0.2) is 0 Å². The molecule has 0 aromatic heterocycles. The van der Waals surface area contributed by atoms with Gasteiger partial charge in [0.15, 0.2) is 0 Å². The van der Waals surface area contributed by atoms with E-state index in [1.807, 2.05) is 29.2 Å². The Morgan fingerprint density at radius 1 is 1.00 bits per heavy atom. The molecule has 1 fully saturated rings. The van der Waals surface area contributed by atoms with Crippen LogP contribution in [-0.4, -0.2) is 54.9 Å². The first-order valence-electron chi connectivity index (χ1n) is 9.02. The Labute approximate surface area is 164 Å². The lowest BCUT2D eigenvalue weighted by Gasteiger charge is -2.35. The molecule has 27 heavy (non-hydrogen) atoms. The lowest BCUT2D eigenvalue weighted by Crippen LogP contribution is -2.50. The normalized spacial score (nSPS) is 14.1. The molecule has 6 heteroatoms. The first-order chi connectivity index (χ1) is 13.1. The summed E-state index contributed by atoms with van der Waals surface area (Å²) in [5.41, 5.74) is 1.70. The molecule has 142 valence electrons. The number of carbonyl (C=O) groups excluding carboxylic acids is 2. The molecule has 2 aromatic carbocycles. The molecule has 0 unspecified atom stereocenters. The third-order valence-electron chi connectivity index (χ3n) is 4.77. The smallest absolute Gasteiger partial charge is 0.253 e. The fraction of sp³-hybridized carbons (Fsp3) is 0.333. The van der Waals surface area contributed by atoms with Gasteiger partial charge in [0.1, 0.15) is 5.75 Å². The standard InChI is InChI=1S/C21H23ClN2O3/c1-27-19-8-6-17(7-9-19)21(26)24-13-11-23(12-14-24)20(25)10-5-16-3-2-4-18(22)15-16/h2-4,6-9,15H,5,10-14H2,1H3. The topological polar surface area (TPSA) is 49.9 Å². The Balaban J connectivity index is 1.48. The molecule has 0 aliphatic carbocycles. The predicted molar refractivity (Wildman–Crippen MR) is 105 cm³/mol. The van der Waals surface area contributed by atoms with Gasteiger partial charge in [0.05, 0.1) is 7.11 Å². The number of benzene rings is 2. The lowest BCUT2D eigenvalue weighted by atomic mass is 10.1. The minimum atomic E-state index is -0.0105. The van der Waals surface area contributed by atoms with Gasteiger partial charge in [-0.3, -0.25) is 9.59 Å². The van der Waals surface area contributed by atoms with E-state index in [1.54, 1.807) is 36.3 Å². The molecule has 1 aliphatic heterocycles. The molecule has 1 heterocycles. The maximum atomic E-state index is 12.6. The van der Waals surface area contributed by atoms with Crippen molar-refractivity contribution in [1.29, 1.82) is 0 Å². The van der Waals surface area contributed by atoms with Crippen LogP contribution in [0.2, 0.25) is 5.02 Å². The van der Waals surface area contributed by atoms with Gasteiger partial charge in [-0.15, -0.1) is 0 Å². The van der Waals surface area contributed by atoms with Gasteiger partial charge in [0.2, 0.25) is 5.91 Å². The number of amides is 2. The number of piperazine rings is 1. The van der Waals surface area contributed by atoms with Crippen molar-refractivity contribution in [1.82, 2.24) is 9.80 Å². The zero-order valence-corrected chi connectivity index (χ0v) is 16.1. The summed E-state index contributed by atoms with van der Waals surface area (Å²) < 4.78 is 5.12. The van der Waals surface area contributed by atoms with Gasteiger partial charge >= 0.3 is 0 Å². The fourth-order valence-electron chi connectivity index (χ4n) is 3.18. The van der Waals surface area contributed by atoms with Crippen LogP contribution in [0.4, 0.5) is 0 Å². The van der Waals surface area contributed by atoms with Crippen LogP contribution in [0, 0.1) is 0 Å². The summed E-state index contributed by atoms with van der Waals surface area (Å²) in [7, 11) is 1.60. The maximum Gasteiger partial charge on any atom is 0.253 e. The van der Waals surface area contributed by atoms with Crippen LogP contribution in [0.1, 0.15) is 22.3 Å². The van der Waals surface area contributed by atoms with Gasteiger partial charge in [-0.05, 0) is 48.4 Å². The highest BCUT2D eigenvalue weighted by Crippen LogP contribution is 2.16. The van der Waals surface area contributed by atoms with Crippen molar-refractivity contribution in [2.45, 2.75) is 12.8 Å². The molecule has 1 aliphatic rings. The summed E-state index contributed by atoms with van der Waals surface area (Å²) in [6, 6.07) is 14.7. The van der Waals surface area contributed by atoms with E-state index in [0.717, 1.165) is 11.3 Å². The molecule has 2 aromatic rings. The SMILES string of the molecule is COc1ccc(C(=O)N2CCN(C(=O)CCc3cccc(Cl)c3)CC2)cc1. The Bertz CT molecular complexity index is 799. The van der Waals surface area contributed by atoms with Gasteiger partial charge in [-0.1, -0.05) is 23.7 Å². The zero-order valence-electron chi connectivity index (χ0n) is 15.4. The number of rotatable bonds is 5. The van der Waals surface area contributed by atoms with Crippen LogP contribution in [0.3, 0.4) is 0 Å². The number of hydrogen-bond acceptors (Lipinski definition) is 3. The summed E-state index contributed by atoms with van der Waals surface area (Å²) in [5, 5.41) is 0.686. The van der Waals surface area contributed by atoms with Gasteiger partial charge in [0.25, 0.3) is 5.91 Å². The Morgan fingerprint density at radius 3 is 2.30 bits per heavy atom. The van der Waals surface area contributed by atoms with Crippen LogP contribution in [0.15, 0.2) is 48.5 Å². The molecule has 0 N–H and O–H groups in total. The minimum Gasteiger partial charge on any atom is -0.497 e. The Morgan fingerprint density at radius 2 is 1.67 bits per heavy atom. The van der Waals surface area contributed by atoms with Crippen LogP contribution in [-0.2, 0) is 11.2 Å². The molecule has 2 amide bonds. The van der Waals surface area contributed by atoms with Crippen LogP contribution in [0.25, 0.3) is 0 Å². The van der Waals surface area contributed by atoms with Gasteiger partial charge in [0, 0.05) is 43.2 Å². The van der Waals surface area contributed by atoms with E-state index in [-0.39, 0.29) is 11.8 Å². The second kappa shape index (κ2) is 8.91. The quantitative estimate of drug-likeness (QED) is 0.792. The summed E-state index contributed by atoms with van der Waals surface area (Å²) in [6.45, 7) is 2.23. The second-order valence-electron chi connectivity index (χ2n) is 6.53. The maximum absolute atomic E-state index is 12.6. The van der Waals surface area contributed by atoms with Crippen molar-refractivity contribution in [3.8, 4) is 5.75 Å². The fourth-order valence-corrected chi connectivity index (χ4v) is 3.39. The number of aryl methyl sites for hydroxylation is 1. The summed E-state index contributed by atoms with van der Waals surface area (Å²) >= 11 is 5.98. The molecule has 0 saturated carbocycles. The first-order valence-corrected chi connectivity index (χ1v) is 9.40. The lowest BCUT2D eigenvalue weighted by molar-refractivity contribution is -0.132. The van der Waals surface area contributed by atoms with E-state index in [1.165, 1.54) is 0 Å². The van der Waals surface area contributed by atoms with Crippen molar-refractivity contribution in [2.75, 3.05) is 33.3 Å². The number of hydrogen-bond donors (Lipinski definition) is 0. The number of methoxy groups -OCH3 is 1. The van der Waals surface area contributed by atoms with Crippen LogP contribution < -0.4 is 4.74 Å². The van der Waals surface area contributed by atoms with E-state index in [4.69, 9.17) is 16.3 Å². The largest absolute Gasteiger partial charge is 0.497 e. The highest BCUT2D eigenvalue weighted by molar-refractivity contribution is 6.30. The average Bonchev–Trinajstić information content (AvgIpc) is 2.72. The molecule has 1 saturated heterocycles. The average molecular weight is 387 g/mol. The molecule has 5 nitrogen and oxygen atoms in total. The monoisotopic (exact) mass is 386 g/mol. The molecular formula is C21H23ClN2O3. The minimum absolute atomic E-state index is 0.0105. The number of ether oxygens (including phenoxy) is 1. The Kier molecular flexibility index (Phi) is 6.35. The summed E-state index contributed by atoms with van der Waals surface area (Å²) in [6.07, 6.45) is 1.12. The third kappa shape index (κ3) is 5.01. The van der Waals surface area contributed by atoms with E-state index in [9.17, 15) is 9.59 Å². The molecule has 0 atom stereocenters. The molecule has 0 bridgehead atoms. The van der Waals surface area contributed by atoms with Crippen molar-refractivity contribution in [3.05, 3.63) is 64.7 Å². The highest BCUT2D eigenvalue weighted by Gasteiger charge is 2.24. The van der Waals surface area contributed by atoms with Gasteiger partial charge < -0.3 is 14.5 Å². The molecule has 0 radical (unpaired) electrons. The van der Waals surface area contributed by atoms with Crippen molar-refractivity contribution in [2.24, 2.45) is 0 Å². The van der Waals surface area contributed by atoms with E-state index < -0.39 is 0 Å². The number of halogens is 1. The van der Waals surface area contributed by atoms with Crippen molar-refractivity contribution >= 4 is 23.4 Å². The van der Waals surface area contributed by atoms with Gasteiger partial charge in [-0.2, -0.15) is 0 Å². The molecular weight excluding hydrogens is 364 g/mol. The van der Waals surface area contributed by atoms with E-state index in [2.05, 4.69) is 0 Å². The van der Waals surface area contributed by atoms with E-state index in [0.29, 0.717) is 49.6 Å². The first kappa shape index (κ1) is 19.2. The third-order valence-corrected chi connectivity index (χ3v) is 5.01. The zero-order chi connectivity index (χ0) is 19.2. The molecule has 0 spiro atoms. The summed E-state index contributed by atoms with van der Waals surface area (Å²) in [4.78, 5) is 28.7. The highest BCUT2D eigenvalue weighted by atomic mass is 35.5. The predicted octanol–water partition coefficient (Wildman–Crippen LogP) is 3.27.